The van der Waals surface area contributed by atoms with E-state index in [0.29, 0.717) is 35.1 Å². The van der Waals surface area contributed by atoms with Crippen molar-refractivity contribution in [2.45, 2.75) is 64.8 Å². The van der Waals surface area contributed by atoms with E-state index in [1.54, 1.807) is 21.3 Å². The van der Waals surface area contributed by atoms with E-state index >= 15 is 0 Å². The van der Waals surface area contributed by atoms with Gasteiger partial charge in [-0.3, -0.25) is 0 Å². The fourth-order valence-electron chi connectivity index (χ4n) is 6.18. The number of halogens is 3. The Labute approximate surface area is 275 Å². The summed E-state index contributed by atoms with van der Waals surface area (Å²) in [4.78, 5) is 0. The number of para-hydroxylation sites is 1. The first-order valence-corrected chi connectivity index (χ1v) is 15.8. The van der Waals surface area contributed by atoms with E-state index in [2.05, 4.69) is 68.7 Å². The molecule has 248 valence electrons. The quantitative estimate of drug-likeness (QED) is 0.161. The standard InChI is InChI=1S/C39H43F3NO4/c1-25(27-13-17-30(18-14-27)38(2,3)4)36-32-22-35(46-7)34(45-6)21-28(32)19-20-43(36)23-29-9-8-10-33(44-5)37(29)47-24-26-11-15-31(16-12-26)39(40,41)42/h8-18,21-22,25H,19-20,23-24H2,1-7H3/q+1. The summed E-state index contributed by atoms with van der Waals surface area (Å²) in [5.74, 6) is 2.54. The highest BCUT2D eigenvalue weighted by Crippen LogP contribution is 2.38. The Hall–Kier alpha value is -4.46. The van der Waals surface area contributed by atoms with Crippen molar-refractivity contribution >= 4 is 5.71 Å². The van der Waals surface area contributed by atoms with Crippen molar-refractivity contribution < 1.29 is 36.7 Å². The molecule has 47 heavy (non-hydrogen) atoms. The lowest BCUT2D eigenvalue weighted by Crippen LogP contribution is -2.33. The monoisotopic (exact) mass is 646 g/mol. The summed E-state index contributed by atoms with van der Waals surface area (Å²) in [6, 6.07) is 23.8. The number of nitrogens with zero attached hydrogens (tertiary/aromatic N) is 1. The molecule has 0 radical (unpaired) electrons. The number of hydrogen-bond donors (Lipinski definition) is 0. The van der Waals surface area contributed by atoms with Gasteiger partial charge in [-0.1, -0.05) is 63.2 Å². The van der Waals surface area contributed by atoms with Crippen LogP contribution >= 0.6 is 0 Å². The molecule has 0 aromatic heterocycles. The van der Waals surface area contributed by atoms with Crippen LogP contribution in [0.4, 0.5) is 13.2 Å². The molecule has 1 unspecified atom stereocenters. The number of rotatable bonds is 10. The fourth-order valence-corrected chi connectivity index (χ4v) is 6.18. The zero-order valence-electron chi connectivity index (χ0n) is 28.1. The van der Waals surface area contributed by atoms with Gasteiger partial charge < -0.3 is 18.9 Å². The summed E-state index contributed by atoms with van der Waals surface area (Å²) in [6.07, 6.45) is -3.59. The van der Waals surface area contributed by atoms with Crippen molar-refractivity contribution in [3.05, 3.63) is 118 Å². The number of alkyl halides is 3. The third-order valence-electron chi connectivity index (χ3n) is 8.87. The van der Waals surface area contributed by atoms with Crippen molar-refractivity contribution in [3.63, 3.8) is 0 Å². The SMILES string of the molecule is COc1cc2c(cc1OC)C(C(C)c1ccc(C(C)(C)C)cc1)=[N+](Cc1cccc(OC)c1OCc1ccc(C(F)(F)F)cc1)CC2. The first-order valence-electron chi connectivity index (χ1n) is 15.8. The van der Waals surface area contributed by atoms with E-state index in [9.17, 15) is 13.2 Å². The molecule has 1 heterocycles. The maximum Gasteiger partial charge on any atom is 0.416 e. The highest BCUT2D eigenvalue weighted by molar-refractivity contribution is 6.03. The predicted molar refractivity (Wildman–Crippen MR) is 179 cm³/mol. The molecule has 1 aliphatic rings. The van der Waals surface area contributed by atoms with Crippen LogP contribution in [-0.2, 0) is 31.2 Å². The number of ether oxygens (including phenoxy) is 4. The molecule has 0 aliphatic carbocycles. The van der Waals surface area contributed by atoms with Crippen LogP contribution in [0.15, 0.2) is 78.9 Å². The molecule has 4 aromatic rings. The summed E-state index contributed by atoms with van der Waals surface area (Å²) < 4.78 is 65.1. The van der Waals surface area contributed by atoms with Gasteiger partial charge in [-0.05, 0) is 71.0 Å². The maximum absolute atomic E-state index is 13.1. The Morgan fingerprint density at radius 2 is 1.38 bits per heavy atom. The topological polar surface area (TPSA) is 39.9 Å². The van der Waals surface area contributed by atoms with Gasteiger partial charge in [0, 0.05) is 12.0 Å². The summed E-state index contributed by atoms with van der Waals surface area (Å²) in [7, 11) is 4.88. The molecule has 0 N–H and O–H groups in total. The molecule has 0 saturated carbocycles. The zero-order chi connectivity index (χ0) is 33.9. The molecule has 0 saturated heterocycles. The number of methoxy groups -OCH3 is 3. The van der Waals surface area contributed by atoms with Crippen LogP contribution in [0.25, 0.3) is 0 Å². The second-order valence-corrected chi connectivity index (χ2v) is 12.9. The molecule has 8 heteroatoms. The van der Waals surface area contributed by atoms with Crippen molar-refractivity contribution in [1.29, 1.82) is 0 Å². The van der Waals surface area contributed by atoms with Gasteiger partial charge in [0.25, 0.3) is 0 Å². The maximum atomic E-state index is 13.1. The van der Waals surface area contributed by atoms with Crippen LogP contribution < -0.4 is 18.9 Å². The van der Waals surface area contributed by atoms with Crippen molar-refractivity contribution in [1.82, 2.24) is 0 Å². The average molecular weight is 647 g/mol. The minimum atomic E-state index is -4.39. The van der Waals surface area contributed by atoms with Crippen LogP contribution in [0.5, 0.6) is 23.0 Å². The predicted octanol–water partition coefficient (Wildman–Crippen LogP) is 8.97. The average Bonchev–Trinajstić information content (AvgIpc) is 3.06. The molecular formula is C39H43F3NO4+. The lowest BCUT2D eigenvalue weighted by Gasteiger charge is -2.25. The largest absolute Gasteiger partial charge is 0.493 e. The van der Waals surface area contributed by atoms with Crippen LogP contribution in [0.3, 0.4) is 0 Å². The van der Waals surface area contributed by atoms with E-state index in [4.69, 9.17) is 18.9 Å². The second kappa shape index (κ2) is 13.7. The van der Waals surface area contributed by atoms with Crippen LogP contribution in [0, 0.1) is 0 Å². The lowest BCUT2D eigenvalue weighted by molar-refractivity contribution is -0.546. The van der Waals surface area contributed by atoms with Gasteiger partial charge in [-0.25, -0.2) is 4.58 Å². The number of benzene rings is 4. The van der Waals surface area contributed by atoms with Crippen LogP contribution in [-0.4, -0.2) is 38.2 Å². The van der Waals surface area contributed by atoms with Gasteiger partial charge in [0.2, 0.25) is 0 Å². The Morgan fingerprint density at radius 1 is 0.766 bits per heavy atom. The van der Waals surface area contributed by atoms with E-state index in [0.717, 1.165) is 41.9 Å². The fraction of sp³-hybridized carbons (Fsp3) is 0.359. The molecule has 0 spiro atoms. The van der Waals surface area contributed by atoms with Gasteiger partial charge in [0.15, 0.2) is 35.3 Å². The third kappa shape index (κ3) is 7.42. The van der Waals surface area contributed by atoms with Crippen molar-refractivity contribution in [3.8, 4) is 23.0 Å². The summed E-state index contributed by atoms with van der Waals surface area (Å²) in [5, 5.41) is 0. The van der Waals surface area contributed by atoms with E-state index in [1.165, 1.54) is 28.8 Å². The molecule has 0 fully saturated rings. The Bertz CT molecular complexity index is 1740. The lowest BCUT2D eigenvalue weighted by atomic mass is 9.83. The molecule has 1 atom stereocenters. The van der Waals surface area contributed by atoms with Crippen LogP contribution in [0.1, 0.15) is 72.6 Å². The summed E-state index contributed by atoms with van der Waals surface area (Å²) >= 11 is 0. The normalized spacial score (nSPS) is 14.0. The van der Waals surface area contributed by atoms with E-state index in [-0.39, 0.29) is 17.9 Å². The summed E-state index contributed by atoms with van der Waals surface area (Å²) in [6.45, 7) is 10.3. The second-order valence-electron chi connectivity index (χ2n) is 12.9. The highest BCUT2D eigenvalue weighted by atomic mass is 19.4. The smallest absolute Gasteiger partial charge is 0.416 e. The van der Waals surface area contributed by atoms with E-state index < -0.39 is 11.7 Å². The van der Waals surface area contributed by atoms with Gasteiger partial charge in [-0.15, -0.1) is 0 Å². The first kappa shape index (κ1) is 33.9. The molecule has 5 rings (SSSR count). The zero-order valence-corrected chi connectivity index (χ0v) is 28.1. The van der Waals surface area contributed by atoms with Gasteiger partial charge in [0.1, 0.15) is 13.2 Å². The van der Waals surface area contributed by atoms with Gasteiger partial charge in [-0.2, -0.15) is 13.2 Å². The first-order chi connectivity index (χ1) is 22.3. The Kier molecular flexibility index (Phi) is 9.89. The number of fused-ring (bicyclic) bond motifs is 1. The van der Waals surface area contributed by atoms with Gasteiger partial charge >= 0.3 is 6.18 Å². The molecular weight excluding hydrogens is 603 g/mol. The van der Waals surface area contributed by atoms with Gasteiger partial charge in [0.05, 0.1) is 38.4 Å². The molecule has 0 bridgehead atoms. The van der Waals surface area contributed by atoms with Crippen molar-refractivity contribution in [2.75, 3.05) is 27.9 Å². The minimum Gasteiger partial charge on any atom is -0.493 e. The summed E-state index contributed by atoms with van der Waals surface area (Å²) in [5.41, 5.74) is 6.83. The minimum absolute atomic E-state index is 0.0447. The third-order valence-corrected chi connectivity index (χ3v) is 8.87. The molecule has 4 aromatic carbocycles. The Balaban J connectivity index is 1.56. The van der Waals surface area contributed by atoms with E-state index in [1.807, 2.05) is 18.2 Å². The Morgan fingerprint density at radius 3 is 1.98 bits per heavy atom. The molecule has 0 amide bonds. The van der Waals surface area contributed by atoms with Crippen LogP contribution in [0.2, 0.25) is 0 Å². The highest BCUT2D eigenvalue weighted by Gasteiger charge is 2.34. The molecule has 1 aliphatic heterocycles. The van der Waals surface area contributed by atoms with Crippen molar-refractivity contribution in [2.24, 2.45) is 0 Å². The number of hydrogen-bond acceptors (Lipinski definition) is 4. The molecule has 5 nitrogen and oxygen atoms in total.